The summed E-state index contributed by atoms with van der Waals surface area (Å²) in [5.41, 5.74) is 3.11. The molecule has 1 aliphatic rings. The molecule has 142 valence electrons. The van der Waals surface area contributed by atoms with Gasteiger partial charge in [0.25, 0.3) is 0 Å². The summed E-state index contributed by atoms with van der Waals surface area (Å²) < 4.78 is 5.36. The number of fused-ring (bicyclic) bond motifs is 2. The molecule has 2 aromatic carbocycles. The minimum Gasteiger partial charge on any atom is -0.449 e. The fraction of sp³-hybridized carbons (Fsp3) is 0.238. The number of esters is 1. The van der Waals surface area contributed by atoms with Crippen LogP contribution < -0.4 is 4.90 Å². The summed E-state index contributed by atoms with van der Waals surface area (Å²) in [4.78, 5) is 38.6. The largest absolute Gasteiger partial charge is 0.449 e. The van der Waals surface area contributed by atoms with Crippen molar-refractivity contribution in [1.29, 1.82) is 0 Å². The Bertz CT molecular complexity index is 1100. The molecule has 0 saturated heterocycles. The van der Waals surface area contributed by atoms with E-state index in [1.165, 1.54) is 6.92 Å². The van der Waals surface area contributed by atoms with Crippen molar-refractivity contribution in [3.63, 3.8) is 0 Å². The number of rotatable bonds is 4. The van der Waals surface area contributed by atoms with Crippen LogP contribution >= 0.6 is 0 Å². The van der Waals surface area contributed by atoms with E-state index in [2.05, 4.69) is 10.2 Å². The van der Waals surface area contributed by atoms with Crippen molar-refractivity contribution in [2.45, 2.75) is 26.4 Å². The van der Waals surface area contributed by atoms with Gasteiger partial charge in [-0.25, -0.2) is 4.79 Å². The second-order valence-corrected chi connectivity index (χ2v) is 6.79. The fourth-order valence-electron chi connectivity index (χ4n) is 3.51. The van der Waals surface area contributed by atoms with Gasteiger partial charge in [-0.2, -0.15) is 5.10 Å². The zero-order chi connectivity index (χ0) is 19.8. The lowest BCUT2D eigenvalue weighted by molar-refractivity contribution is -0.116. The minimum absolute atomic E-state index is 0.0219. The van der Waals surface area contributed by atoms with Gasteiger partial charge < -0.3 is 9.64 Å². The Labute approximate surface area is 161 Å². The van der Waals surface area contributed by atoms with Crippen molar-refractivity contribution in [2.75, 3.05) is 11.4 Å². The van der Waals surface area contributed by atoms with Crippen LogP contribution in [0.4, 0.5) is 5.69 Å². The van der Waals surface area contributed by atoms with E-state index in [0.29, 0.717) is 23.9 Å². The molecule has 4 rings (SSSR count). The van der Waals surface area contributed by atoms with Gasteiger partial charge in [-0.15, -0.1) is 0 Å². The zero-order valence-corrected chi connectivity index (χ0v) is 15.6. The molecule has 1 aliphatic heterocycles. The van der Waals surface area contributed by atoms with Gasteiger partial charge in [0, 0.05) is 30.1 Å². The Hall–Kier alpha value is -3.48. The first kappa shape index (κ1) is 17.9. The lowest BCUT2D eigenvalue weighted by Crippen LogP contribution is -2.26. The summed E-state index contributed by atoms with van der Waals surface area (Å²) in [5, 5.41) is 7.43. The van der Waals surface area contributed by atoms with E-state index in [0.717, 1.165) is 16.8 Å². The van der Waals surface area contributed by atoms with Gasteiger partial charge in [0.15, 0.2) is 11.8 Å². The van der Waals surface area contributed by atoms with Gasteiger partial charge in [0.2, 0.25) is 11.7 Å². The van der Waals surface area contributed by atoms with Gasteiger partial charge >= 0.3 is 5.97 Å². The predicted octanol–water partition coefficient (Wildman–Crippen LogP) is 2.90. The smallest absolute Gasteiger partial charge is 0.360 e. The summed E-state index contributed by atoms with van der Waals surface area (Å²) in [5.74, 6) is -0.967. The third kappa shape index (κ3) is 3.05. The average molecular weight is 377 g/mol. The molecule has 0 radical (unpaired) electrons. The number of aromatic nitrogens is 2. The van der Waals surface area contributed by atoms with Crippen LogP contribution in [0, 0.1) is 0 Å². The molecule has 0 saturated carbocycles. The van der Waals surface area contributed by atoms with Gasteiger partial charge in [-0.3, -0.25) is 14.7 Å². The van der Waals surface area contributed by atoms with Gasteiger partial charge in [0.1, 0.15) is 0 Å². The number of ether oxygens (including phenoxy) is 1. The number of aromatic amines is 1. The SMILES string of the molecule is CC(=O)N1CCc2cc(C(=O)[C@H](C)OC(=O)c3n[nH]c4ccccc34)ccc21. The molecular formula is C21H19N3O4. The number of nitrogens with zero attached hydrogens (tertiary/aromatic N) is 2. The maximum atomic E-state index is 12.7. The summed E-state index contributed by atoms with van der Waals surface area (Å²) in [6.07, 6.45) is -0.255. The first-order valence-corrected chi connectivity index (χ1v) is 9.05. The number of hydrogen-bond donors (Lipinski definition) is 1. The van der Waals surface area contributed by atoms with Crippen molar-refractivity contribution in [2.24, 2.45) is 0 Å². The number of carbonyl (C=O) groups is 3. The molecule has 7 nitrogen and oxygen atoms in total. The van der Waals surface area contributed by atoms with Gasteiger partial charge in [-0.1, -0.05) is 18.2 Å². The maximum absolute atomic E-state index is 12.7. The Morgan fingerprint density at radius 2 is 1.96 bits per heavy atom. The van der Waals surface area contributed by atoms with E-state index in [4.69, 9.17) is 4.74 Å². The Morgan fingerprint density at radius 1 is 1.18 bits per heavy atom. The van der Waals surface area contributed by atoms with E-state index in [1.807, 2.05) is 12.1 Å². The van der Waals surface area contributed by atoms with Crippen LogP contribution in [0.3, 0.4) is 0 Å². The average Bonchev–Trinajstić information content (AvgIpc) is 3.30. The topological polar surface area (TPSA) is 92.4 Å². The van der Waals surface area contributed by atoms with Crippen LogP contribution in [-0.4, -0.2) is 40.5 Å². The standard InChI is InChI=1S/C21H19N3O4/c1-12(28-21(27)19-16-5-3-4-6-17(16)22-23-19)20(26)15-7-8-18-14(11-15)9-10-24(18)13(2)25/h3-8,11-12H,9-10H2,1-2H3,(H,22,23)/t12-/m0/s1. The number of Topliss-reactive ketones (excluding diaryl/α,β-unsaturated/α-hetero) is 1. The van der Waals surface area contributed by atoms with E-state index in [9.17, 15) is 14.4 Å². The maximum Gasteiger partial charge on any atom is 0.360 e. The number of carbonyl (C=O) groups excluding carboxylic acids is 3. The molecule has 1 N–H and O–H groups in total. The van der Waals surface area contributed by atoms with Crippen LogP contribution in [0.2, 0.25) is 0 Å². The molecular weight excluding hydrogens is 358 g/mol. The molecule has 0 fully saturated rings. The lowest BCUT2D eigenvalue weighted by atomic mass is 10.0. The number of para-hydroxylation sites is 1. The molecule has 1 amide bonds. The number of amides is 1. The summed E-state index contributed by atoms with van der Waals surface area (Å²) in [6.45, 7) is 3.68. The number of H-pyrrole nitrogens is 1. The van der Waals surface area contributed by atoms with E-state index < -0.39 is 12.1 Å². The molecule has 0 bridgehead atoms. The van der Waals surface area contributed by atoms with Gasteiger partial charge in [-0.05, 0) is 43.2 Å². The van der Waals surface area contributed by atoms with Gasteiger partial charge in [0.05, 0.1) is 5.52 Å². The van der Waals surface area contributed by atoms with E-state index in [1.54, 1.807) is 42.2 Å². The normalized spacial score (nSPS) is 14.0. The number of anilines is 1. The second-order valence-electron chi connectivity index (χ2n) is 6.79. The highest BCUT2D eigenvalue weighted by Gasteiger charge is 2.26. The lowest BCUT2D eigenvalue weighted by Gasteiger charge is -2.15. The molecule has 28 heavy (non-hydrogen) atoms. The van der Waals surface area contributed by atoms with E-state index in [-0.39, 0.29) is 17.4 Å². The summed E-state index contributed by atoms with van der Waals surface area (Å²) in [7, 11) is 0. The molecule has 2 heterocycles. The monoisotopic (exact) mass is 377 g/mol. The molecule has 0 unspecified atom stereocenters. The quantitative estimate of drug-likeness (QED) is 0.557. The van der Waals surface area contributed by atoms with Crippen LogP contribution in [-0.2, 0) is 16.0 Å². The third-order valence-corrected chi connectivity index (χ3v) is 4.96. The molecule has 3 aromatic rings. The molecule has 7 heteroatoms. The molecule has 1 aromatic heterocycles. The summed E-state index contributed by atoms with van der Waals surface area (Å²) >= 11 is 0. The zero-order valence-electron chi connectivity index (χ0n) is 15.6. The van der Waals surface area contributed by atoms with Crippen molar-refractivity contribution in [1.82, 2.24) is 10.2 Å². The first-order chi connectivity index (χ1) is 13.5. The highest BCUT2D eigenvalue weighted by molar-refractivity contribution is 6.05. The Kier molecular flexibility index (Phi) is 4.43. The van der Waals surface area contributed by atoms with Crippen LogP contribution in [0.5, 0.6) is 0 Å². The first-order valence-electron chi connectivity index (χ1n) is 9.05. The van der Waals surface area contributed by atoms with Crippen molar-refractivity contribution in [3.8, 4) is 0 Å². The second kappa shape index (κ2) is 6.92. The summed E-state index contributed by atoms with van der Waals surface area (Å²) in [6, 6.07) is 12.4. The van der Waals surface area contributed by atoms with E-state index >= 15 is 0 Å². The fourth-order valence-corrected chi connectivity index (χ4v) is 3.51. The van der Waals surface area contributed by atoms with Crippen LogP contribution in [0.15, 0.2) is 42.5 Å². The molecule has 0 spiro atoms. The predicted molar refractivity (Wildman–Crippen MR) is 103 cm³/mol. The highest BCUT2D eigenvalue weighted by atomic mass is 16.5. The number of benzene rings is 2. The third-order valence-electron chi connectivity index (χ3n) is 4.96. The minimum atomic E-state index is -0.952. The number of hydrogen-bond acceptors (Lipinski definition) is 5. The Morgan fingerprint density at radius 3 is 2.75 bits per heavy atom. The number of ketones is 1. The van der Waals surface area contributed by atoms with Crippen LogP contribution in [0.25, 0.3) is 10.9 Å². The van der Waals surface area contributed by atoms with Crippen molar-refractivity contribution < 1.29 is 19.1 Å². The molecule has 0 aliphatic carbocycles. The van der Waals surface area contributed by atoms with Crippen molar-refractivity contribution in [3.05, 3.63) is 59.3 Å². The van der Waals surface area contributed by atoms with Crippen LogP contribution in [0.1, 0.15) is 40.3 Å². The Balaban J connectivity index is 1.51. The van der Waals surface area contributed by atoms with Crippen molar-refractivity contribution >= 4 is 34.3 Å². The molecule has 1 atom stereocenters. The highest BCUT2D eigenvalue weighted by Crippen LogP contribution is 2.29. The number of nitrogens with one attached hydrogen (secondary N) is 1.